The van der Waals surface area contributed by atoms with Crippen molar-refractivity contribution in [2.24, 2.45) is 0 Å². The molecule has 27 heavy (non-hydrogen) atoms. The Balaban J connectivity index is 1.68. The van der Waals surface area contributed by atoms with Crippen LogP contribution in [0, 0.1) is 0 Å². The Morgan fingerprint density at radius 3 is 2.30 bits per heavy atom. The van der Waals surface area contributed by atoms with Crippen molar-refractivity contribution in [1.82, 2.24) is 9.88 Å². The van der Waals surface area contributed by atoms with E-state index in [1.807, 2.05) is 11.0 Å². The predicted octanol–water partition coefficient (Wildman–Crippen LogP) is 5.76. The molecule has 0 aliphatic carbocycles. The molecule has 1 fully saturated rings. The fourth-order valence-electron chi connectivity index (χ4n) is 3.27. The van der Waals surface area contributed by atoms with Crippen molar-refractivity contribution >= 4 is 29.1 Å². The van der Waals surface area contributed by atoms with Crippen LogP contribution in [0.4, 0.5) is 0 Å². The van der Waals surface area contributed by atoms with Crippen LogP contribution in [0.1, 0.15) is 54.4 Å². The third kappa shape index (κ3) is 5.60. The van der Waals surface area contributed by atoms with Gasteiger partial charge in [0, 0.05) is 31.0 Å². The summed E-state index contributed by atoms with van der Waals surface area (Å²) in [5.41, 5.74) is 1.40. The Morgan fingerprint density at radius 1 is 1.00 bits per heavy atom. The van der Waals surface area contributed by atoms with Crippen LogP contribution < -0.4 is 4.74 Å². The number of hydrogen-bond acceptors (Lipinski definition) is 3. The smallest absolute Gasteiger partial charge is 0.255 e. The van der Waals surface area contributed by atoms with E-state index in [1.165, 1.54) is 25.7 Å². The van der Waals surface area contributed by atoms with E-state index in [0.29, 0.717) is 21.4 Å². The molecule has 3 rings (SSSR count). The number of amides is 1. The van der Waals surface area contributed by atoms with Crippen LogP contribution in [-0.4, -0.2) is 28.9 Å². The molecule has 144 valence electrons. The van der Waals surface area contributed by atoms with Gasteiger partial charge in [-0.1, -0.05) is 55.0 Å². The van der Waals surface area contributed by atoms with E-state index in [4.69, 9.17) is 27.9 Å². The summed E-state index contributed by atoms with van der Waals surface area (Å²) < 4.78 is 5.76. The van der Waals surface area contributed by atoms with Crippen molar-refractivity contribution < 1.29 is 9.53 Å². The highest BCUT2D eigenvalue weighted by Gasteiger charge is 2.17. The van der Waals surface area contributed by atoms with Crippen LogP contribution in [0.25, 0.3) is 0 Å². The first-order valence-corrected chi connectivity index (χ1v) is 10.2. The van der Waals surface area contributed by atoms with Crippen LogP contribution in [0.2, 0.25) is 10.0 Å². The van der Waals surface area contributed by atoms with Gasteiger partial charge in [0.05, 0.1) is 15.6 Å². The standard InChI is InChI=1S/C21H24Cl2N2O2/c22-18-8-7-9-19(23)20(18)27-15-16-12-17(14-24-13-16)21(26)25-10-5-3-1-2-4-6-11-25/h7-9,12-14H,1-6,10-11,15H2. The Labute approximate surface area is 170 Å². The average molecular weight is 407 g/mol. The maximum atomic E-state index is 12.9. The molecule has 2 aromatic rings. The highest BCUT2D eigenvalue weighted by atomic mass is 35.5. The Morgan fingerprint density at radius 2 is 1.63 bits per heavy atom. The van der Waals surface area contributed by atoms with Crippen LogP contribution in [0.15, 0.2) is 36.7 Å². The summed E-state index contributed by atoms with van der Waals surface area (Å²) in [7, 11) is 0. The van der Waals surface area contributed by atoms with Crippen molar-refractivity contribution in [2.45, 2.75) is 45.1 Å². The number of carbonyl (C=O) groups is 1. The normalized spacial score (nSPS) is 15.6. The Bertz CT molecular complexity index is 752. The summed E-state index contributed by atoms with van der Waals surface area (Å²) in [4.78, 5) is 19.1. The lowest BCUT2D eigenvalue weighted by Crippen LogP contribution is -2.33. The fourth-order valence-corrected chi connectivity index (χ4v) is 3.78. The molecule has 0 radical (unpaired) electrons. The van der Waals surface area contributed by atoms with E-state index in [-0.39, 0.29) is 12.5 Å². The van der Waals surface area contributed by atoms with Gasteiger partial charge in [0.15, 0.2) is 5.75 Å². The van der Waals surface area contributed by atoms with Gasteiger partial charge < -0.3 is 9.64 Å². The summed E-state index contributed by atoms with van der Waals surface area (Å²) in [5.74, 6) is 0.486. The van der Waals surface area contributed by atoms with Crippen LogP contribution in [-0.2, 0) is 6.61 Å². The number of nitrogens with zero attached hydrogens (tertiary/aromatic N) is 2. The van der Waals surface area contributed by atoms with E-state index in [1.54, 1.807) is 30.6 Å². The first-order valence-electron chi connectivity index (χ1n) is 9.45. The van der Waals surface area contributed by atoms with Crippen LogP contribution in [0.5, 0.6) is 5.75 Å². The lowest BCUT2D eigenvalue weighted by Gasteiger charge is -2.22. The summed E-state index contributed by atoms with van der Waals surface area (Å²) in [5, 5.41) is 0.916. The minimum absolute atomic E-state index is 0.0435. The second-order valence-electron chi connectivity index (χ2n) is 6.83. The Kier molecular flexibility index (Phi) is 7.36. The van der Waals surface area contributed by atoms with Gasteiger partial charge in [-0.15, -0.1) is 0 Å². The van der Waals surface area contributed by atoms with Gasteiger partial charge in [0.25, 0.3) is 5.91 Å². The second-order valence-corrected chi connectivity index (χ2v) is 7.65. The third-order valence-electron chi connectivity index (χ3n) is 4.74. The zero-order valence-corrected chi connectivity index (χ0v) is 16.8. The minimum atomic E-state index is 0.0435. The molecule has 4 nitrogen and oxygen atoms in total. The molecule has 2 heterocycles. The van der Waals surface area contributed by atoms with Gasteiger partial charge in [-0.2, -0.15) is 0 Å². The topological polar surface area (TPSA) is 42.4 Å². The summed E-state index contributed by atoms with van der Waals surface area (Å²) >= 11 is 12.3. The number of benzene rings is 1. The highest BCUT2D eigenvalue weighted by molar-refractivity contribution is 6.37. The van der Waals surface area contributed by atoms with E-state index in [9.17, 15) is 4.79 Å². The molecule has 0 unspecified atom stereocenters. The largest absolute Gasteiger partial charge is 0.486 e. The molecule has 0 saturated carbocycles. The van der Waals surface area contributed by atoms with E-state index in [2.05, 4.69) is 4.98 Å². The average Bonchev–Trinajstić information content (AvgIpc) is 2.81. The number of ether oxygens (including phenoxy) is 1. The van der Waals surface area contributed by atoms with Crippen molar-refractivity contribution in [2.75, 3.05) is 13.1 Å². The summed E-state index contributed by atoms with van der Waals surface area (Å²) in [6, 6.07) is 7.06. The Hall–Kier alpha value is -1.78. The number of halogens is 2. The third-order valence-corrected chi connectivity index (χ3v) is 5.33. The van der Waals surface area contributed by atoms with Gasteiger partial charge in [-0.05, 0) is 31.0 Å². The van der Waals surface area contributed by atoms with Crippen LogP contribution >= 0.6 is 23.2 Å². The lowest BCUT2D eigenvalue weighted by molar-refractivity contribution is 0.0752. The van der Waals surface area contributed by atoms with Crippen molar-refractivity contribution in [3.8, 4) is 5.75 Å². The molecule has 6 heteroatoms. The molecular weight excluding hydrogens is 383 g/mol. The second kappa shape index (κ2) is 9.95. The van der Waals surface area contributed by atoms with Gasteiger partial charge in [0.1, 0.15) is 6.61 Å². The van der Waals surface area contributed by atoms with Crippen molar-refractivity contribution in [3.63, 3.8) is 0 Å². The molecule has 1 aliphatic rings. The number of para-hydroxylation sites is 1. The molecule has 0 N–H and O–H groups in total. The molecular formula is C21H24Cl2N2O2. The van der Waals surface area contributed by atoms with Gasteiger partial charge >= 0.3 is 0 Å². The number of pyridine rings is 1. The van der Waals surface area contributed by atoms with Crippen molar-refractivity contribution in [3.05, 3.63) is 57.8 Å². The first-order chi connectivity index (χ1) is 13.1. The van der Waals surface area contributed by atoms with Gasteiger partial charge in [-0.3, -0.25) is 9.78 Å². The zero-order chi connectivity index (χ0) is 19.1. The monoisotopic (exact) mass is 406 g/mol. The van der Waals surface area contributed by atoms with Gasteiger partial charge in [-0.25, -0.2) is 0 Å². The molecule has 0 bridgehead atoms. The summed E-state index contributed by atoms with van der Waals surface area (Å²) in [6.07, 6.45) is 10.4. The van der Waals surface area contributed by atoms with Crippen molar-refractivity contribution in [1.29, 1.82) is 0 Å². The van der Waals surface area contributed by atoms with E-state index >= 15 is 0 Å². The number of hydrogen-bond donors (Lipinski definition) is 0. The van der Waals surface area contributed by atoms with Crippen LogP contribution in [0.3, 0.4) is 0 Å². The molecule has 0 spiro atoms. The number of rotatable bonds is 4. The zero-order valence-electron chi connectivity index (χ0n) is 15.3. The summed E-state index contributed by atoms with van der Waals surface area (Å²) in [6.45, 7) is 1.88. The quantitative estimate of drug-likeness (QED) is 0.647. The maximum Gasteiger partial charge on any atom is 0.255 e. The lowest BCUT2D eigenvalue weighted by atomic mass is 10.1. The van der Waals surface area contributed by atoms with E-state index in [0.717, 1.165) is 31.5 Å². The molecule has 1 amide bonds. The maximum absolute atomic E-state index is 12.9. The molecule has 1 aromatic heterocycles. The fraction of sp³-hybridized carbons (Fsp3) is 0.429. The van der Waals surface area contributed by atoms with Gasteiger partial charge in [0.2, 0.25) is 0 Å². The highest BCUT2D eigenvalue weighted by Crippen LogP contribution is 2.32. The van der Waals surface area contributed by atoms with E-state index < -0.39 is 0 Å². The minimum Gasteiger partial charge on any atom is -0.486 e. The molecule has 1 aliphatic heterocycles. The first kappa shape index (κ1) is 20.0. The number of aromatic nitrogens is 1. The SMILES string of the molecule is O=C(c1cncc(COc2c(Cl)cccc2Cl)c1)N1CCCCCCCC1. The molecule has 1 aromatic carbocycles. The predicted molar refractivity (Wildman–Crippen MR) is 109 cm³/mol. The molecule has 0 atom stereocenters. The number of carbonyl (C=O) groups excluding carboxylic acids is 1. The molecule has 1 saturated heterocycles.